The van der Waals surface area contributed by atoms with Crippen molar-refractivity contribution in [1.29, 1.82) is 0 Å². The molecule has 0 aliphatic carbocycles. The molecule has 0 aromatic rings. The predicted octanol–water partition coefficient (Wildman–Crippen LogP) is -0.103. The molecule has 0 spiro atoms. The van der Waals surface area contributed by atoms with Crippen molar-refractivity contribution in [3.05, 3.63) is 12.2 Å². The lowest BCUT2D eigenvalue weighted by Gasteiger charge is -2.06. The summed E-state index contributed by atoms with van der Waals surface area (Å²) >= 11 is 0. The molecule has 0 bridgehead atoms. The molecule has 0 aliphatic rings. The van der Waals surface area contributed by atoms with E-state index in [0.717, 1.165) is 0 Å². The molecule has 0 saturated carbocycles. The fraction of sp³-hybridized carbons (Fsp3) is 0.571. The van der Waals surface area contributed by atoms with Crippen LogP contribution in [0.3, 0.4) is 0 Å². The largest absolute Gasteiger partial charge is 0.460 e. The van der Waals surface area contributed by atoms with Crippen LogP contribution in [-0.4, -0.2) is 30.4 Å². The highest BCUT2D eigenvalue weighted by Gasteiger charge is 2.07. The minimum absolute atomic E-state index is 0.253. The van der Waals surface area contributed by atoms with Gasteiger partial charge in [-0.05, 0) is 6.92 Å². The van der Waals surface area contributed by atoms with Crippen molar-refractivity contribution in [3.8, 4) is 0 Å². The van der Waals surface area contributed by atoms with E-state index in [1.807, 2.05) is 0 Å². The third-order valence-corrected chi connectivity index (χ3v) is 0.948. The Labute approximate surface area is 65.1 Å². The second kappa shape index (κ2) is 4.87. The molecule has 11 heavy (non-hydrogen) atoms. The van der Waals surface area contributed by atoms with Gasteiger partial charge in [0.1, 0.15) is 19.3 Å². The summed E-state index contributed by atoms with van der Waals surface area (Å²) < 4.78 is 4.47. The number of aliphatic hydroxyl groups is 1. The average Bonchev–Trinajstić information content (AvgIpc) is 1.99. The zero-order chi connectivity index (χ0) is 8.85. The molecule has 4 nitrogen and oxygen atoms in total. The highest BCUT2D eigenvalue weighted by Crippen LogP contribution is 1.93. The van der Waals surface area contributed by atoms with Crippen LogP contribution in [0.4, 0.5) is 0 Å². The van der Waals surface area contributed by atoms with Gasteiger partial charge in [0, 0.05) is 5.57 Å². The summed E-state index contributed by atoms with van der Waals surface area (Å²) in [5.41, 5.74) is 0.253. The normalized spacial score (nSPS) is 12.3. The SMILES string of the molecule is C=C(C)C(=O)OCC(O)C[O]. The first kappa shape index (κ1) is 10.1. The van der Waals surface area contributed by atoms with Gasteiger partial charge in [0.15, 0.2) is 0 Å². The van der Waals surface area contributed by atoms with Crippen LogP contribution >= 0.6 is 0 Å². The summed E-state index contributed by atoms with van der Waals surface area (Å²) in [6.45, 7) is 3.90. The number of esters is 1. The van der Waals surface area contributed by atoms with Crippen LogP contribution in [-0.2, 0) is 14.6 Å². The van der Waals surface area contributed by atoms with Gasteiger partial charge in [-0.15, -0.1) is 0 Å². The van der Waals surface area contributed by atoms with Gasteiger partial charge in [0.05, 0.1) is 0 Å². The van der Waals surface area contributed by atoms with Crippen LogP contribution in [0.1, 0.15) is 6.92 Å². The molecular formula is C7H11O4. The van der Waals surface area contributed by atoms with Crippen molar-refractivity contribution in [2.75, 3.05) is 13.2 Å². The zero-order valence-corrected chi connectivity index (χ0v) is 6.37. The number of aliphatic hydroxyl groups excluding tert-OH is 1. The van der Waals surface area contributed by atoms with Crippen molar-refractivity contribution >= 4 is 5.97 Å². The third-order valence-electron chi connectivity index (χ3n) is 0.948. The minimum Gasteiger partial charge on any atom is -0.460 e. The summed E-state index contributed by atoms with van der Waals surface area (Å²) in [6, 6.07) is 0. The Kier molecular flexibility index (Phi) is 4.49. The standard InChI is InChI=1S/C7H11O4/c1-5(2)7(10)11-4-6(9)3-8/h6,9H,1,3-4H2,2H3. The smallest absolute Gasteiger partial charge is 0.333 e. The van der Waals surface area contributed by atoms with Gasteiger partial charge in [0.2, 0.25) is 0 Å². The number of carbonyl (C=O) groups is 1. The Morgan fingerprint density at radius 3 is 2.64 bits per heavy atom. The molecule has 0 amide bonds. The summed E-state index contributed by atoms with van der Waals surface area (Å²) in [7, 11) is 0. The molecular weight excluding hydrogens is 148 g/mol. The predicted molar refractivity (Wildman–Crippen MR) is 37.3 cm³/mol. The highest BCUT2D eigenvalue weighted by atomic mass is 16.5. The van der Waals surface area contributed by atoms with E-state index >= 15 is 0 Å². The second-order valence-electron chi connectivity index (χ2n) is 2.20. The maximum Gasteiger partial charge on any atom is 0.333 e. The monoisotopic (exact) mass is 159 g/mol. The van der Waals surface area contributed by atoms with E-state index in [9.17, 15) is 9.90 Å². The fourth-order valence-electron chi connectivity index (χ4n) is 0.343. The molecule has 1 unspecified atom stereocenters. The van der Waals surface area contributed by atoms with E-state index in [1.165, 1.54) is 6.92 Å². The molecule has 4 heteroatoms. The van der Waals surface area contributed by atoms with Crippen LogP contribution < -0.4 is 0 Å². The molecule has 63 valence electrons. The van der Waals surface area contributed by atoms with E-state index in [2.05, 4.69) is 11.3 Å². The van der Waals surface area contributed by atoms with Crippen LogP contribution in [0.5, 0.6) is 0 Å². The molecule has 0 heterocycles. The number of hydrogen-bond donors (Lipinski definition) is 1. The topological polar surface area (TPSA) is 66.4 Å². The first-order chi connectivity index (χ1) is 5.07. The molecule has 0 rings (SSSR count). The lowest BCUT2D eigenvalue weighted by molar-refractivity contribution is -0.142. The van der Waals surface area contributed by atoms with Gasteiger partial charge in [-0.2, -0.15) is 0 Å². The summed E-state index contributed by atoms with van der Waals surface area (Å²) in [5.74, 6) is -0.586. The Hall–Kier alpha value is -0.870. The maximum absolute atomic E-state index is 10.6. The Morgan fingerprint density at radius 2 is 2.27 bits per heavy atom. The molecule has 0 aromatic carbocycles. The van der Waals surface area contributed by atoms with Crippen LogP contribution in [0.2, 0.25) is 0 Å². The summed E-state index contributed by atoms with van der Waals surface area (Å²) in [5, 5.41) is 18.6. The van der Waals surface area contributed by atoms with Gasteiger partial charge >= 0.3 is 5.97 Å². The van der Waals surface area contributed by atoms with E-state index in [-0.39, 0.29) is 12.2 Å². The first-order valence-corrected chi connectivity index (χ1v) is 3.16. The number of ether oxygens (including phenoxy) is 1. The quantitative estimate of drug-likeness (QED) is 0.460. The second-order valence-corrected chi connectivity index (χ2v) is 2.20. The fourth-order valence-corrected chi connectivity index (χ4v) is 0.343. The molecule has 0 aliphatic heterocycles. The molecule has 1 radical (unpaired) electrons. The Bertz CT molecular complexity index is 153. The zero-order valence-electron chi connectivity index (χ0n) is 6.37. The van der Waals surface area contributed by atoms with Gasteiger partial charge < -0.3 is 9.84 Å². The molecule has 1 atom stereocenters. The first-order valence-electron chi connectivity index (χ1n) is 3.16. The third kappa shape index (κ3) is 4.52. The van der Waals surface area contributed by atoms with E-state index in [1.54, 1.807) is 0 Å². The van der Waals surface area contributed by atoms with Gasteiger partial charge in [-0.1, -0.05) is 6.58 Å². The molecule has 1 N–H and O–H groups in total. The summed E-state index contributed by atoms with van der Waals surface area (Å²) in [6.07, 6.45) is -1.11. The van der Waals surface area contributed by atoms with Crippen LogP contribution in [0, 0.1) is 0 Å². The molecule has 0 saturated heterocycles. The number of carbonyl (C=O) groups excluding carboxylic acids is 1. The van der Waals surface area contributed by atoms with Crippen molar-refractivity contribution in [1.82, 2.24) is 0 Å². The Morgan fingerprint density at radius 1 is 1.73 bits per heavy atom. The Balaban J connectivity index is 3.54. The van der Waals surface area contributed by atoms with E-state index < -0.39 is 18.7 Å². The lowest BCUT2D eigenvalue weighted by Crippen LogP contribution is -2.21. The highest BCUT2D eigenvalue weighted by molar-refractivity contribution is 5.86. The summed E-state index contributed by atoms with van der Waals surface area (Å²) in [4.78, 5) is 10.6. The molecule has 0 aromatic heterocycles. The van der Waals surface area contributed by atoms with Gasteiger partial charge in [-0.3, -0.25) is 0 Å². The number of rotatable bonds is 4. The minimum atomic E-state index is -1.11. The number of hydrogen-bond acceptors (Lipinski definition) is 3. The van der Waals surface area contributed by atoms with Crippen LogP contribution in [0.25, 0.3) is 0 Å². The van der Waals surface area contributed by atoms with E-state index in [0.29, 0.717) is 0 Å². The van der Waals surface area contributed by atoms with E-state index in [4.69, 9.17) is 5.11 Å². The maximum atomic E-state index is 10.6. The van der Waals surface area contributed by atoms with Gasteiger partial charge in [-0.25, -0.2) is 9.90 Å². The van der Waals surface area contributed by atoms with Crippen molar-refractivity contribution in [2.24, 2.45) is 0 Å². The van der Waals surface area contributed by atoms with Gasteiger partial charge in [0.25, 0.3) is 0 Å². The molecule has 0 fully saturated rings. The lowest BCUT2D eigenvalue weighted by atomic mass is 10.3. The van der Waals surface area contributed by atoms with Crippen molar-refractivity contribution in [2.45, 2.75) is 13.0 Å². The van der Waals surface area contributed by atoms with Crippen molar-refractivity contribution in [3.63, 3.8) is 0 Å². The average molecular weight is 159 g/mol. The van der Waals surface area contributed by atoms with Crippen LogP contribution in [0.15, 0.2) is 12.2 Å². The van der Waals surface area contributed by atoms with Crippen molar-refractivity contribution < 1.29 is 19.7 Å².